The van der Waals surface area contributed by atoms with Crippen molar-refractivity contribution in [1.29, 1.82) is 0 Å². The van der Waals surface area contributed by atoms with Gasteiger partial charge in [0.2, 0.25) is 5.88 Å². The molecule has 2 heterocycles. The topological polar surface area (TPSA) is 42.6 Å². The van der Waals surface area contributed by atoms with Crippen LogP contribution in [-0.2, 0) is 4.74 Å². The third-order valence-corrected chi connectivity index (χ3v) is 5.40. The van der Waals surface area contributed by atoms with E-state index in [2.05, 4.69) is 17.0 Å². The Morgan fingerprint density at radius 3 is 2.30 bits per heavy atom. The van der Waals surface area contributed by atoms with Gasteiger partial charge in [-0.3, -0.25) is 9.13 Å². The van der Waals surface area contributed by atoms with Crippen LogP contribution in [0.5, 0.6) is 5.88 Å². The summed E-state index contributed by atoms with van der Waals surface area (Å²) in [6, 6.07) is 15.5. The van der Waals surface area contributed by atoms with Gasteiger partial charge in [0, 0.05) is 29.5 Å². The zero-order valence-electron chi connectivity index (χ0n) is 14.9. The van der Waals surface area contributed by atoms with Gasteiger partial charge in [0.25, 0.3) is 0 Å². The number of halogens is 1. The highest BCUT2D eigenvalue weighted by Gasteiger charge is 2.17. The van der Waals surface area contributed by atoms with Crippen LogP contribution in [0.25, 0.3) is 11.4 Å². The van der Waals surface area contributed by atoms with Crippen molar-refractivity contribution in [2.75, 3.05) is 31.2 Å². The molecular formula is C20H20ClN3O2S. The second-order valence-electron chi connectivity index (χ2n) is 6.46. The number of hydrogen-bond donors (Lipinski definition) is 1. The summed E-state index contributed by atoms with van der Waals surface area (Å²) in [6.45, 7) is 5.14. The Morgan fingerprint density at radius 1 is 0.963 bits per heavy atom. The maximum atomic E-state index is 10.7. The smallest absolute Gasteiger partial charge is 0.218 e. The van der Waals surface area contributed by atoms with Gasteiger partial charge in [-0.1, -0.05) is 17.7 Å². The van der Waals surface area contributed by atoms with Gasteiger partial charge < -0.3 is 14.7 Å². The third kappa shape index (κ3) is 3.36. The van der Waals surface area contributed by atoms with Gasteiger partial charge in [0.15, 0.2) is 4.77 Å². The fraction of sp³-hybridized carbons (Fsp3) is 0.250. The van der Waals surface area contributed by atoms with Gasteiger partial charge in [0.1, 0.15) is 0 Å². The van der Waals surface area contributed by atoms with E-state index in [9.17, 15) is 5.11 Å². The molecule has 1 aliphatic rings. The van der Waals surface area contributed by atoms with Gasteiger partial charge in [-0.15, -0.1) is 0 Å². The van der Waals surface area contributed by atoms with E-state index in [-0.39, 0.29) is 5.88 Å². The molecule has 5 nitrogen and oxygen atoms in total. The summed E-state index contributed by atoms with van der Waals surface area (Å²) in [5.41, 5.74) is 3.48. The van der Waals surface area contributed by atoms with E-state index in [0.717, 1.165) is 43.4 Å². The van der Waals surface area contributed by atoms with Crippen molar-refractivity contribution in [2.24, 2.45) is 0 Å². The number of hydrogen-bond acceptors (Lipinski definition) is 4. The van der Waals surface area contributed by atoms with Gasteiger partial charge in [-0.2, -0.15) is 0 Å². The first-order chi connectivity index (χ1) is 13.1. The molecule has 0 atom stereocenters. The lowest BCUT2D eigenvalue weighted by Crippen LogP contribution is -2.36. The minimum Gasteiger partial charge on any atom is -0.493 e. The Labute approximate surface area is 168 Å². The number of anilines is 1. The first-order valence-corrected chi connectivity index (χ1v) is 9.57. The highest BCUT2D eigenvalue weighted by atomic mass is 35.5. The average molecular weight is 402 g/mol. The van der Waals surface area contributed by atoms with E-state index in [1.165, 1.54) is 0 Å². The van der Waals surface area contributed by atoms with Crippen LogP contribution in [0.15, 0.2) is 48.5 Å². The highest BCUT2D eigenvalue weighted by molar-refractivity contribution is 7.71. The van der Waals surface area contributed by atoms with Crippen molar-refractivity contribution in [3.8, 4) is 17.3 Å². The summed E-state index contributed by atoms with van der Waals surface area (Å²) in [5.74, 6) is 0.111. The lowest BCUT2D eigenvalue weighted by atomic mass is 10.2. The molecule has 0 radical (unpaired) electrons. The molecule has 0 aliphatic carbocycles. The highest BCUT2D eigenvalue weighted by Crippen LogP contribution is 2.29. The van der Waals surface area contributed by atoms with Crippen molar-refractivity contribution >= 4 is 29.5 Å². The number of ether oxygens (including phenoxy) is 1. The zero-order chi connectivity index (χ0) is 19.0. The number of nitrogens with zero attached hydrogens (tertiary/aromatic N) is 3. The molecule has 3 aromatic rings. The maximum absolute atomic E-state index is 10.7. The van der Waals surface area contributed by atoms with Gasteiger partial charge >= 0.3 is 0 Å². The molecule has 2 aromatic carbocycles. The second kappa shape index (κ2) is 7.38. The number of rotatable bonds is 3. The summed E-state index contributed by atoms with van der Waals surface area (Å²) in [7, 11) is 0. The number of benzene rings is 2. The first-order valence-electron chi connectivity index (χ1n) is 8.78. The van der Waals surface area contributed by atoms with E-state index < -0.39 is 0 Å². The zero-order valence-corrected chi connectivity index (χ0v) is 16.5. The molecule has 4 rings (SSSR count). The van der Waals surface area contributed by atoms with Crippen LogP contribution >= 0.6 is 23.8 Å². The van der Waals surface area contributed by atoms with E-state index in [0.29, 0.717) is 15.5 Å². The van der Waals surface area contributed by atoms with Crippen molar-refractivity contribution in [3.05, 3.63) is 64.0 Å². The molecule has 27 heavy (non-hydrogen) atoms. The second-order valence-corrected chi connectivity index (χ2v) is 7.26. The molecule has 1 aromatic heterocycles. The molecule has 140 valence electrons. The Kier molecular flexibility index (Phi) is 4.95. The Bertz CT molecular complexity index is 1020. The Hall–Kier alpha value is -2.28. The predicted molar refractivity (Wildman–Crippen MR) is 110 cm³/mol. The van der Waals surface area contributed by atoms with Gasteiger partial charge in [-0.25, -0.2) is 0 Å². The van der Waals surface area contributed by atoms with Crippen molar-refractivity contribution in [2.45, 2.75) is 6.92 Å². The molecule has 1 fully saturated rings. The summed E-state index contributed by atoms with van der Waals surface area (Å²) in [4.78, 5) is 2.30. The maximum Gasteiger partial charge on any atom is 0.218 e. The molecule has 0 amide bonds. The molecule has 0 bridgehead atoms. The number of morpholine rings is 1. The molecule has 1 aliphatic heterocycles. The van der Waals surface area contributed by atoms with Crippen molar-refractivity contribution in [3.63, 3.8) is 0 Å². The van der Waals surface area contributed by atoms with E-state index >= 15 is 0 Å². The van der Waals surface area contributed by atoms with Crippen molar-refractivity contribution in [1.82, 2.24) is 9.13 Å². The molecule has 0 unspecified atom stereocenters. The molecular weight excluding hydrogens is 382 g/mol. The molecule has 1 N–H and O–H groups in total. The predicted octanol–water partition coefficient (Wildman–Crippen LogP) is 4.50. The summed E-state index contributed by atoms with van der Waals surface area (Å²) < 4.78 is 9.41. The summed E-state index contributed by atoms with van der Waals surface area (Å²) >= 11 is 11.8. The summed E-state index contributed by atoms with van der Waals surface area (Å²) in [6.07, 6.45) is 0. The Balaban J connectivity index is 1.74. The first kappa shape index (κ1) is 18.1. The SMILES string of the molecule is Cc1c(O)n(-c2cccc(Cl)c2)c(=S)n1-c1ccc(N2CCOCC2)cc1. The fourth-order valence-corrected chi connectivity index (χ4v) is 4.00. The van der Waals surface area contributed by atoms with E-state index in [1.807, 2.05) is 35.8 Å². The van der Waals surface area contributed by atoms with Crippen LogP contribution in [0.1, 0.15) is 5.69 Å². The van der Waals surface area contributed by atoms with Crippen LogP contribution < -0.4 is 4.90 Å². The van der Waals surface area contributed by atoms with Crippen LogP contribution in [0.3, 0.4) is 0 Å². The molecule has 1 saturated heterocycles. The largest absolute Gasteiger partial charge is 0.493 e. The van der Waals surface area contributed by atoms with Crippen LogP contribution in [-0.4, -0.2) is 40.5 Å². The quantitative estimate of drug-likeness (QED) is 0.656. The van der Waals surface area contributed by atoms with Gasteiger partial charge in [0.05, 0.1) is 24.6 Å². The molecule has 0 saturated carbocycles. The van der Waals surface area contributed by atoms with Crippen molar-refractivity contribution < 1.29 is 9.84 Å². The van der Waals surface area contributed by atoms with Gasteiger partial charge in [-0.05, 0) is 61.6 Å². The number of aromatic hydroxyl groups is 1. The summed E-state index contributed by atoms with van der Waals surface area (Å²) in [5, 5.41) is 11.3. The minimum atomic E-state index is 0.111. The average Bonchev–Trinajstić information content (AvgIpc) is 2.91. The van der Waals surface area contributed by atoms with E-state index in [4.69, 9.17) is 28.6 Å². The number of aromatic nitrogens is 2. The standard InChI is InChI=1S/C20H20ClN3O2S/c1-14-19(25)24(18-4-2-3-15(21)13-18)20(27)23(14)17-7-5-16(6-8-17)22-9-11-26-12-10-22/h2-8,13,25H,9-12H2,1H3. The molecule has 0 spiro atoms. The fourth-order valence-electron chi connectivity index (χ4n) is 3.38. The van der Waals surface area contributed by atoms with Crippen LogP contribution in [0.2, 0.25) is 5.02 Å². The third-order valence-electron chi connectivity index (χ3n) is 4.80. The monoisotopic (exact) mass is 401 g/mol. The Morgan fingerprint density at radius 2 is 1.63 bits per heavy atom. The normalized spacial score (nSPS) is 14.5. The minimum absolute atomic E-state index is 0.111. The van der Waals surface area contributed by atoms with E-state index in [1.54, 1.807) is 16.7 Å². The van der Waals surface area contributed by atoms with Crippen LogP contribution in [0, 0.1) is 11.7 Å². The lowest BCUT2D eigenvalue weighted by Gasteiger charge is -2.29. The lowest BCUT2D eigenvalue weighted by molar-refractivity contribution is 0.122. The molecule has 7 heteroatoms. The number of imidazole rings is 1. The van der Waals surface area contributed by atoms with Crippen LogP contribution in [0.4, 0.5) is 5.69 Å².